The average molecular weight is 419 g/mol. The summed E-state index contributed by atoms with van der Waals surface area (Å²) in [5, 5.41) is 0. The number of carbonyl (C=O) groups excluding carboxylic acids is 1. The summed E-state index contributed by atoms with van der Waals surface area (Å²) in [6, 6.07) is 12.1. The maximum Gasteiger partial charge on any atom is 0.416 e. The third-order valence-corrected chi connectivity index (χ3v) is 4.69. The van der Waals surface area contributed by atoms with Crippen molar-refractivity contribution in [2.75, 3.05) is 13.1 Å². The zero-order valence-electron chi connectivity index (χ0n) is 16.9. The fourth-order valence-electron chi connectivity index (χ4n) is 3.30. The number of halogens is 3. The van der Waals surface area contributed by atoms with Gasteiger partial charge in [-0.3, -0.25) is 4.79 Å². The lowest BCUT2D eigenvalue weighted by Crippen LogP contribution is -2.47. The van der Waals surface area contributed by atoms with Crippen molar-refractivity contribution in [2.45, 2.75) is 38.8 Å². The SMILES string of the molecule is C[C@@H]1CN(C(=O)/C=C/c2cccc(OCc3ccc(C(F)(F)F)cc3)c2)C[C@@H](C)O1. The summed E-state index contributed by atoms with van der Waals surface area (Å²) in [5.74, 6) is 0.492. The fraction of sp³-hybridized carbons (Fsp3) is 0.348. The van der Waals surface area contributed by atoms with Crippen LogP contribution in [0.3, 0.4) is 0 Å². The number of amides is 1. The first-order chi connectivity index (χ1) is 14.2. The Morgan fingerprint density at radius 1 is 1.13 bits per heavy atom. The number of nitrogens with zero attached hydrogens (tertiary/aromatic N) is 1. The highest BCUT2D eigenvalue weighted by Crippen LogP contribution is 2.29. The second kappa shape index (κ2) is 9.34. The Bertz CT molecular complexity index is 883. The van der Waals surface area contributed by atoms with Crippen LogP contribution in [0.15, 0.2) is 54.6 Å². The Hall–Kier alpha value is -2.80. The minimum Gasteiger partial charge on any atom is -0.489 e. The van der Waals surface area contributed by atoms with Crippen molar-refractivity contribution in [2.24, 2.45) is 0 Å². The van der Waals surface area contributed by atoms with Gasteiger partial charge in [-0.2, -0.15) is 13.2 Å². The van der Waals surface area contributed by atoms with Crippen LogP contribution >= 0.6 is 0 Å². The summed E-state index contributed by atoms with van der Waals surface area (Å²) in [6.45, 7) is 5.15. The van der Waals surface area contributed by atoms with E-state index in [1.54, 1.807) is 29.2 Å². The number of rotatable bonds is 5. The van der Waals surface area contributed by atoms with E-state index in [1.165, 1.54) is 18.2 Å². The molecular formula is C23H24F3NO3. The number of ether oxygens (including phenoxy) is 2. The third kappa shape index (κ3) is 6.10. The summed E-state index contributed by atoms with van der Waals surface area (Å²) < 4.78 is 49.2. The first-order valence-electron chi connectivity index (χ1n) is 9.72. The average Bonchev–Trinajstić information content (AvgIpc) is 2.70. The smallest absolute Gasteiger partial charge is 0.416 e. The highest BCUT2D eigenvalue weighted by molar-refractivity contribution is 5.91. The second-order valence-electron chi connectivity index (χ2n) is 7.39. The van der Waals surface area contributed by atoms with Crippen molar-refractivity contribution in [1.82, 2.24) is 4.90 Å². The summed E-state index contributed by atoms with van der Waals surface area (Å²) >= 11 is 0. The molecule has 0 spiro atoms. The molecule has 0 bridgehead atoms. The molecule has 1 aliphatic heterocycles. The molecule has 1 amide bonds. The number of hydrogen-bond donors (Lipinski definition) is 0. The molecule has 1 heterocycles. The van der Waals surface area contributed by atoms with Crippen LogP contribution in [0.4, 0.5) is 13.2 Å². The van der Waals surface area contributed by atoms with Gasteiger partial charge >= 0.3 is 6.18 Å². The maximum atomic E-state index is 12.6. The van der Waals surface area contributed by atoms with Crippen LogP contribution in [0, 0.1) is 0 Å². The quantitative estimate of drug-likeness (QED) is 0.645. The molecule has 2 atom stereocenters. The van der Waals surface area contributed by atoms with Crippen molar-refractivity contribution in [1.29, 1.82) is 0 Å². The van der Waals surface area contributed by atoms with Crippen LogP contribution in [-0.2, 0) is 22.3 Å². The molecule has 1 saturated heterocycles. The van der Waals surface area contributed by atoms with Gasteiger partial charge in [-0.25, -0.2) is 0 Å². The molecule has 160 valence electrons. The third-order valence-electron chi connectivity index (χ3n) is 4.69. The monoisotopic (exact) mass is 419 g/mol. The van der Waals surface area contributed by atoms with E-state index in [0.717, 1.165) is 17.7 Å². The predicted octanol–water partition coefficient (Wildman–Crippen LogP) is 4.93. The van der Waals surface area contributed by atoms with E-state index in [2.05, 4.69) is 0 Å². The number of hydrogen-bond acceptors (Lipinski definition) is 3. The lowest BCUT2D eigenvalue weighted by Gasteiger charge is -2.34. The normalized spacial score (nSPS) is 19.8. The van der Waals surface area contributed by atoms with Gasteiger partial charge in [-0.05, 0) is 55.3 Å². The Kier molecular flexibility index (Phi) is 6.82. The molecule has 1 fully saturated rings. The van der Waals surface area contributed by atoms with Crippen LogP contribution in [-0.4, -0.2) is 36.1 Å². The van der Waals surface area contributed by atoms with E-state index in [0.29, 0.717) is 24.4 Å². The number of morpholine rings is 1. The molecule has 2 aromatic rings. The molecule has 0 saturated carbocycles. The topological polar surface area (TPSA) is 38.8 Å². The first kappa shape index (κ1) is 21.9. The van der Waals surface area contributed by atoms with Crippen LogP contribution in [0.5, 0.6) is 5.75 Å². The van der Waals surface area contributed by atoms with Gasteiger partial charge in [0.1, 0.15) is 12.4 Å². The van der Waals surface area contributed by atoms with Crippen LogP contribution in [0.25, 0.3) is 6.08 Å². The van der Waals surface area contributed by atoms with E-state index in [4.69, 9.17) is 9.47 Å². The van der Waals surface area contributed by atoms with E-state index < -0.39 is 11.7 Å². The molecule has 30 heavy (non-hydrogen) atoms. The number of benzene rings is 2. The van der Waals surface area contributed by atoms with Crippen LogP contribution < -0.4 is 4.74 Å². The van der Waals surface area contributed by atoms with Gasteiger partial charge in [0.05, 0.1) is 17.8 Å². The molecule has 2 aromatic carbocycles. The largest absolute Gasteiger partial charge is 0.489 e. The lowest BCUT2D eigenvalue weighted by atomic mass is 10.1. The van der Waals surface area contributed by atoms with Gasteiger partial charge in [-0.1, -0.05) is 24.3 Å². The van der Waals surface area contributed by atoms with Crippen molar-refractivity contribution >= 4 is 12.0 Å². The standard InChI is InChI=1S/C23H24F3NO3/c1-16-13-27(14-17(2)30-16)22(28)11-8-18-4-3-5-21(12-18)29-15-19-6-9-20(10-7-19)23(24,25)26/h3-12,16-17H,13-15H2,1-2H3/b11-8+/t16-,17-/m1/s1. The van der Waals surface area contributed by atoms with Gasteiger partial charge in [0.2, 0.25) is 5.91 Å². The Balaban J connectivity index is 1.58. The predicted molar refractivity (Wildman–Crippen MR) is 108 cm³/mol. The number of carbonyl (C=O) groups is 1. The lowest BCUT2D eigenvalue weighted by molar-refractivity contribution is -0.138. The zero-order valence-corrected chi connectivity index (χ0v) is 16.9. The molecule has 0 aliphatic carbocycles. The molecule has 4 nitrogen and oxygen atoms in total. The number of alkyl halides is 3. The molecule has 3 rings (SSSR count). The van der Waals surface area contributed by atoms with E-state index in [9.17, 15) is 18.0 Å². The van der Waals surface area contributed by atoms with E-state index >= 15 is 0 Å². The molecule has 0 aromatic heterocycles. The summed E-state index contributed by atoms with van der Waals surface area (Å²) in [4.78, 5) is 14.2. The zero-order chi connectivity index (χ0) is 21.7. The first-order valence-corrected chi connectivity index (χ1v) is 9.72. The van der Waals surface area contributed by atoms with Crippen molar-refractivity contribution < 1.29 is 27.4 Å². The highest BCUT2D eigenvalue weighted by Gasteiger charge is 2.30. The van der Waals surface area contributed by atoms with Gasteiger partial charge in [0.25, 0.3) is 0 Å². The molecule has 0 N–H and O–H groups in total. The minimum atomic E-state index is -4.35. The Morgan fingerprint density at radius 3 is 2.43 bits per heavy atom. The molecule has 0 radical (unpaired) electrons. The second-order valence-corrected chi connectivity index (χ2v) is 7.39. The Labute approximate surface area is 173 Å². The Morgan fingerprint density at radius 2 is 1.80 bits per heavy atom. The van der Waals surface area contributed by atoms with Gasteiger partial charge in [0, 0.05) is 19.2 Å². The van der Waals surface area contributed by atoms with Gasteiger partial charge in [0.15, 0.2) is 0 Å². The van der Waals surface area contributed by atoms with Gasteiger partial charge < -0.3 is 14.4 Å². The molecule has 7 heteroatoms. The maximum absolute atomic E-state index is 12.6. The van der Waals surface area contributed by atoms with Crippen molar-refractivity contribution in [3.05, 3.63) is 71.3 Å². The fourth-order valence-corrected chi connectivity index (χ4v) is 3.30. The molecule has 0 unspecified atom stereocenters. The minimum absolute atomic E-state index is 0.00743. The van der Waals surface area contributed by atoms with Gasteiger partial charge in [-0.15, -0.1) is 0 Å². The highest BCUT2D eigenvalue weighted by atomic mass is 19.4. The van der Waals surface area contributed by atoms with Crippen molar-refractivity contribution in [3.63, 3.8) is 0 Å². The molecule has 1 aliphatic rings. The van der Waals surface area contributed by atoms with Crippen LogP contribution in [0.1, 0.15) is 30.5 Å². The molecular weight excluding hydrogens is 395 g/mol. The van der Waals surface area contributed by atoms with Crippen LogP contribution in [0.2, 0.25) is 0 Å². The van der Waals surface area contributed by atoms with Crippen molar-refractivity contribution in [3.8, 4) is 5.75 Å². The summed E-state index contributed by atoms with van der Waals surface area (Å²) in [5.41, 5.74) is 0.740. The summed E-state index contributed by atoms with van der Waals surface area (Å²) in [7, 11) is 0. The van der Waals surface area contributed by atoms with E-state index in [1.807, 2.05) is 19.9 Å². The summed E-state index contributed by atoms with van der Waals surface area (Å²) in [6.07, 6.45) is -1.09. The van der Waals surface area contributed by atoms with E-state index in [-0.39, 0.29) is 24.7 Å².